The van der Waals surface area contributed by atoms with Gasteiger partial charge in [-0.1, -0.05) is 23.2 Å². The van der Waals surface area contributed by atoms with Crippen LogP contribution in [0, 0.1) is 13.8 Å². The normalized spacial score (nSPS) is 13.4. The van der Waals surface area contributed by atoms with Crippen LogP contribution in [0.4, 0.5) is 0 Å². The van der Waals surface area contributed by atoms with Crippen LogP contribution in [0.2, 0.25) is 10.0 Å². The van der Waals surface area contributed by atoms with Crippen LogP contribution >= 0.6 is 23.2 Å². The summed E-state index contributed by atoms with van der Waals surface area (Å²) in [4.78, 5) is -4.85. The Morgan fingerprint density at radius 1 is 0.562 bits per heavy atom. The third kappa shape index (κ3) is 4.93. The Balaban J connectivity index is 3.32. The SMILES string of the molecule is Cc1c(-c2cc(S(=O)(=O)O)c(Cl)c(S(=O)(=O)O)c2C)cc(S(=O)(=O)O)c(Cl)c1S(=O)(=O)O. The van der Waals surface area contributed by atoms with E-state index in [1.807, 2.05) is 0 Å². The minimum Gasteiger partial charge on any atom is -0.282 e. The third-order valence-corrected chi connectivity index (χ3v) is 9.27. The summed E-state index contributed by atoms with van der Waals surface area (Å²) in [5, 5.41) is -2.21. The molecule has 18 heteroatoms. The molecule has 2 aromatic rings. The molecule has 0 aromatic heterocycles. The van der Waals surface area contributed by atoms with Crippen molar-refractivity contribution in [3.05, 3.63) is 33.3 Å². The monoisotopic (exact) mass is 570 g/mol. The maximum Gasteiger partial charge on any atom is 0.296 e. The van der Waals surface area contributed by atoms with Gasteiger partial charge >= 0.3 is 0 Å². The minimum atomic E-state index is -5.24. The van der Waals surface area contributed by atoms with Crippen LogP contribution in [0.25, 0.3) is 11.1 Å². The van der Waals surface area contributed by atoms with Crippen molar-refractivity contribution in [2.45, 2.75) is 33.4 Å². The van der Waals surface area contributed by atoms with E-state index in [0.717, 1.165) is 13.8 Å². The van der Waals surface area contributed by atoms with E-state index < -0.39 is 92.4 Å². The van der Waals surface area contributed by atoms with Gasteiger partial charge in [0, 0.05) is 0 Å². The maximum absolute atomic E-state index is 11.8. The van der Waals surface area contributed by atoms with Gasteiger partial charge in [-0.3, -0.25) is 18.2 Å². The summed E-state index contributed by atoms with van der Waals surface area (Å²) < 4.78 is 132. The molecule has 0 spiro atoms. The molecule has 0 radical (unpaired) electrons. The van der Waals surface area contributed by atoms with Crippen LogP contribution < -0.4 is 0 Å². The number of rotatable bonds is 5. The molecule has 0 fully saturated rings. The van der Waals surface area contributed by atoms with E-state index in [0.29, 0.717) is 12.1 Å². The molecule has 0 saturated carbocycles. The van der Waals surface area contributed by atoms with E-state index in [4.69, 9.17) is 23.2 Å². The van der Waals surface area contributed by atoms with E-state index >= 15 is 0 Å². The third-order valence-electron chi connectivity index (χ3n) is 4.23. The Morgan fingerprint density at radius 3 is 1.00 bits per heavy atom. The lowest BCUT2D eigenvalue weighted by Gasteiger charge is -2.19. The minimum absolute atomic E-state index is 0.502. The molecule has 0 heterocycles. The van der Waals surface area contributed by atoms with E-state index in [-0.39, 0.29) is 0 Å². The number of hydrogen-bond donors (Lipinski definition) is 4. The molecule has 0 aliphatic heterocycles. The molecule has 4 N–H and O–H groups in total. The first-order chi connectivity index (χ1) is 14.1. The van der Waals surface area contributed by atoms with Gasteiger partial charge in [0.05, 0.1) is 10.0 Å². The average Bonchev–Trinajstić information content (AvgIpc) is 2.51. The summed E-state index contributed by atoms with van der Waals surface area (Å²) in [5.74, 6) is 0. The molecule has 178 valence electrons. The molecular formula is C14H12Cl2O12S4. The van der Waals surface area contributed by atoms with Crippen molar-refractivity contribution in [3.63, 3.8) is 0 Å². The Kier molecular flexibility index (Phi) is 6.86. The zero-order chi connectivity index (χ0) is 25.2. The smallest absolute Gasteiger partial charge is 0.282 e. The molecule has 0 unspecified atom stereocenters. The average molecular weight is 571 g/mol. The van der Waals surface area contributed by atoms with Gasteiger partial charge in [0.1, 0.15) is 19.6 Å². The fourth-order valence-corrected chi connectivity index (χ4v) is 7.50. The van der Waals surface area contributed by atoms with Crippen LogP contribution in [0.15, 0.2) is 31.7 Å². The molecule has 0 saturated heterocycles. The zero-order valence-corrected chi connectivity index (χ0v) is 20.4. The van der Waals surface area contributed by atoms with Gasteiger partial charge in [-0.2, -0.15) is 33.7 Å². The molecule has 32 heavy (non-hydrogen) atoms. The molecule has 0 aliphatic carbocycles. The first-order valence-electron chi connectivity index (χ1n) is 7.66. The van der Waals surface area contributed by atoms with Crippen molar-refractivity contribution in [1.82, 2.24) is 0 Å². The number of hydrogen-bond acceptors (Lipinski definition) is 8. The van der Waals surface area contributed by atoms with Crippen LogP contribution in [0.3, 0.4) is 0 Å². The molecule has 0 aliphatic rings. The Morgan fingerprint density at radius 2 is 0.812 bits per heavy atom. The lowest BCUT2D eigenvalue weighted by Crippen LogP contribution is -2.11. The van der Waals surface area contributed by atoms with Gasteiger partial charge in [-0.15, -0.1) is 0 Å². The summed E-state index contributed by atoms with van der Waals surface area (Å²) in [7, 11) is -20.9. The first kappa shape index (κ1) is 26.9. The van der Waals surface area contributed by atoms with Crippen LogP contribution in [0.5, 0.6) is 0 Å². The zero-order valence-electron chi connectivity index (χ0n) is 15.6. The summed E-state index contributed by atoms with van der Waals surface area (Å²) in [5.41, 5.74) is -2.12. The second kappa shape index (κ2) is 8.15. The summed E-state index contributed by atoms with van der Waals surface area (Å²) in [6.07, 6.45) is 0. The molecule has 0 amide bonds. The maximum atomic E-state index is 11.8. The van der Waals surface area contributed by atoms with Crippen molar-refractivity contribution in [2.24, 2.45) is 0 Å². The molecule has 0 atom stereocenters. The molecule has 0 bridgehead atoms. The Labute approximate surface area is 192 Å². The van der Waals surface area contributed by atoms with Gasteiger partial charge < -0.3 is 0 Å². The molecule has 2 rings (SSSR count). The Bertz CT molecular complexity index is 1470. The highest BCUT2D eigenvalue weighted by molar-refractivity contribution is 7.87. The first-order valence-corrected chi connectivity index (χ1v) is 14.2. The fraction of sp³-hybridized carbons (Fsp3) is 0.143. The van der Waals surface area contributed by atoms with Gasteiger partial charge in [0.25, 0.3) is 40.5 Å². The summed E-state index contributed by atoms with van der Waals surface area (Å²) in [6, 6.07) is 1.14. The fourth-order valence-electron chi connectivity index (χ4n) is 2.95. The van der Waals surface area contributed by atoms with Crippen LogP contribution in [-0.2, 0) is 40.5 Å². The van der Waals surface area contributed by atoms with Crippen molar-refractivity contribution >= 4 is 63.7 Å². The Hall–Kier alpha value is -1.34. The van der Waals surface area contributed by atoms with Crippen LogP contribution in [0.1, 0.15) is 11.1 Å². The van der Waals surface area contributed by atoms with Crippen LogP contribution in [-0.4, -0.2) is 51.9 Å². The van der Waals surface area contributed by atoms with E-state index in [9.17, 15) is 51.9 Å². The van der Waals surface area contributed by atoms with Crippen molar-refractivity contribution < 1.29 is 51.9 Å². The van der Waals surface area contributed by atoms with Crippen molar-refractivity contribution in [1.29, 1.82) is 0 Å². The number of benzene rings is 2. The highest BCUT2D eigenvalue weighted by atomic mass is 35.5. The second-order valence-corrected chi connectivity index (χ2v) is 12.5. The number of halogens is 2. The predicted octanol–water partition coefficient (Wildman–Crippen LogP) is 2.26. The van der Waals surface area contributed by atoms with E-state index in [1.54, 1.807) is 0 Å². The lowest BCUT2D eigenvalue weighted by atomic mass is 9.96. The summed E-state index contributed by atoms with van der Waals surface area (Å²) >= 11 is 11.5. The second-order valence-electron chi connectivity index (χ2n) is 6.28. The van der Waals surface area contributed by atoms with Gasteiger partial charge in [-0.25, -0.2) is 0 Å². The highest BCUT2D eigenvalue weighted by Gasteiger charge is 2.32. The van der Waals surface area contributed by atoms with E-state index in [1.165, 1.54) is 0 Å². The molecule has 12 nitrogen and oxygen atoms in total. The van der Waals surface area contributed by atoms with E-state index in [2.05, 4.69) is 0 Å². The summed E-state index contributed by atoms with van der Waals surface area (Å²) in [6.45, 7) is 1.98. The van der Waals surface area contributed by atoms with Crippen molar-refractivity contribution in [3.8, 4) is 11.1 Å². The predicted molar refractivity (Wildman–Crippen MR) is 111 cm³/mol. The highest BCUT2D eigenvalue weighted by Crippen LogP contribution is 2.43. The van der Waals surface area contributed by atoms with Gasteiger partial charge in [-0.05, 0) is 48.2 Å². The van der Waals surface area contributed by atoms with Gasteiger partial charge in [0.2, 0.25) is 0 Å². The largest absolute Gasteiger partial charge is 0.296 e. The van der Waals surface area contributed by atoms with Crippen molar-refractivity contribution in [2.75, 3.05) is 0 Å². The topological polar surface area (TPSA) is 217 Å². The molecular weight excluding hydrogens is 559 g/mol. The van der Waals surface area contributed by atoms with Gasteiger partial charge in [0.15, 0.2) is 0 Å². The molecule has 2 aromatic carbocycles. The lowest BCUT2D eigenvalue weighted by molar-refractivity contribution is 0.476. The quantitative estimate of drug-likeness (QED) is 0.380. The standard InChI is InChI=1S/C14H12Cl2O12S4/c1-5-7(3-9(29(17,18)19)11(15)13(5)31(23,24)25)8-4-10(30(20,21)22)12(16)14(6(8)2)32(26,27)28/h3-4H,1-2H3,(H,17,18,19)(H,20,21,22)(H,23,24,25)(H,26,27,28).